The SMILES string of the molecule is CCCc1ccc(-c2cn(C)cc(-c3cc(CC)cc(S(=O)/C=C/C(F)(F)C(F)F)c3)c2=O)cc1I. The smallest absolute Gasteiger partial charge is 0.326 e. The lowest BCUT2D eigenvalue weighted by Crippen LogP contribution is -2.23. The van der Waals surface area contributed by atoms with Crippen molar-refractivity contribution in [1.82, 2.24) is 4.57 Å². The Labute approximate surface area is 223 Å². The number of hydrogen-bond donors (Lipinski definition) is 0. The van der Waals surface area contributed by atoms with E-state index in [0.717, 1.165) is 27.5 Å². The highest BCUT2D eigenvalue weighted by molar-refractivity contribution is 14.1. The zero-order valence-corrected chi connectivity index (χ0v) is 23.0. The first-order valence-corrected chi connectivity index (χ1v) is 13.6. The molecule has 1 unspecified atom stereocenters. The first kappa shape index (κ1) is 28.3. The second kappa shape index (κ2) is 11.9. The van der Waals surface area contributed by atoms with Crippen LogP contribution in [0.5, 0.6) is 0 Å². The van der Waals surface area contributed by atoms with Gasteiger partial charge in [-0.05, 0) is 82.0 Å². The van der Waals surface area contributed by atoms with E-state index in [0.29, 0.717) is 28.5 Å². The van der Waals surface area contributed by atoms with Crippen LogP contribution in [0.2, 0.25) is 0 Å². The van der Waals surface area contributed by atoms with Gasteiger partial charge in [0, 0.05) is 44.4 Å². The number of pyridine rings is 1. The van der Waals surface area contributed by atoms with Gasteiger partial charge < -0.3 is 4.57 Å². The highest BCUT2D eigenvalue weighted by atomic mass is 127. The zero-order valence-electron chi connectivity index (χ0n) is 20.0. The minimum Gasteiger partial charge on any atom is -0.356 e. The maximum absolute atomic E-state index is 13.6. The van der Waals surface area contributed by atoms with Crippen LogP contribution in [0.15, 0.2) is 70.0 Å². The fraction of sp³-hybridized carbons (Fsp3) is 0.296. The van der Waals surface area contributed by atoms with Gasteiger partial charge >= 0.3 is 12.3 Å². The first-order valence-electron chi connectivity index (χ1n) is 11.4. The molecule has 0 saturated carbocycles. The molecule has 0 spiro atoms. The predicted octanol–water partition coefficient (Wildman–Crippen LogP) is 7.36. The summed E-state index contributed by atoms with van der Waals surface area (Å²) >= 11 is 2.27. The molecule has 1 atom stereocenters. The Balaban J connectivity index is 2.10. The number of nitrogens with zero attached hydrogens (tertiary/aromatic N) is 1. The Morgan fingerprint density at radius 1 is 1.06 bits per heavy atom. The molecule has 0 saturated heterocycles. The van der Waals surface area contributed by atoms with Crippen molar-refractivity contribution in [3.8, 4) is 22.3 Å². The molecule has 2 aromatic carbocycles. The van der Waals surface area contributed by atoms with E-state index in [9.17, 15) is 26.6 Å². The summed E-state index contributed by atoms with van der Waals surface area (Å²) in [6.07, 6.45) is 1.96. The second-order valence-electron chi connectivity index (χ2n) is 8.43. The highest BCUT2D eigenvalue weighted by Crippen LogP contribution is 2.28. The highest BCUT2D eigenvalue weighted by Gasteiger charge is 2.37. The van der Waals surface area contributed by atoms with Crippen LogP contribution >= 0.6 is 22.6 Å². The third-order valence-corrected chi connectivity index (χ3v) is 7.75. The van der Waals surface area contributed by atoms with E-state index in [2.05, 4.69) is 29.5 Å². The van der Waals surface area contributed by atoms with Crippen molar-refractivity contribution < 1.29 is 21.8 Å². The van der Waals surface area contributed by atoms with Crippen molar-refractivity contribution in [1.29, 1.82) is 0 Å². The molecule has 0 bridgehead atoms. The number of allylic oxidation sites excluding steroid dienone is 1. The van der Waals surface area contributed by atoms with Crippen molar-refractivity contribution in [3.05, 3.63) is 85.2 Å². The Morgan fingerprint density at radius 2 is 1.72 bits per heavy atom. The lowest BCUT2D eigenvalue weighted by atomic mass is 9.98. The molecule has 3 rings (SSSR count). The minimum atomic E-state index is -4.38. The summed E-state index contributed by atoms with van der Waals surface area (Å²) in [6, 6.07) is 10.7. The quantitative estimate of drug-likeness (QED) is 0.183. The molecule has 192 valence electrons. The lowest BCUT2D eigenvalue weighted by Gasteiger charge is -2.13. The fourth-order valence-electron chi connectivity index (χ4n) is 3.75. The molecule has 0 fully saturated rings. The summed E-state index contributed by atoms with van der Waals surface area (Å²) in [5.74, 6) is -4.38. The van der Waals surface area contributed by atoms with E-state index in [1.54, 1.807) is 36.1 Å². The number of alkyl halides is 4. The summed E-state index contributed by atoms with van der Waals surface area (Å²) in [7, 11) is -0.315. The van der Waals surface area contributed by atoms with Gasteiger partial charge in [-0.2, -0.15) is 8.78 Å². The topological polar surface area (TPSA) is 39.1 Å². The van der Waals surface area contributed by atoms with Crippen LogP contribution in [0, 0.1) is 3.57 Å². The largest absolute Gasteiger partial charge is 0.356 e. The summed E-state index contributed by atoms with van der Waals surface area (Å²) in [5.41, 5.74) is 3.83. The third-order valence-electron chi connectivity index (χ3n) is 5.66. The number of aromatic nitrogens is 1. The van der Waals surface area contributed by atoms with Crippen LogP contribution in [0.4, 0.5) is 17.6 Å². The molecule has 36 heavy (non-hydrogen) atoms. The van der Waals surface area contributed by atoms with Gasteiger partial charge in [0.2, 0.25) is 0 Å². The lowest BCUT2D eigenvalue weighted by molar-refractivity contribution is -0.0905. The van der Waals surface area contributed by atoms with E-state index in [1.807, 2.05) is 25.1 Å². The van der Waals surface area contributed by atoms with Crippen LogP contribution in [0.1, 0.15) is 31.4 Å². The van der Waals surface area contributed by atoms with Crippen molar-refractivity contribution in [3.63, 3.8) is 0 Å². The van der Waals surface area contributed by atoms with Gasteiger partial charge in [-0.1, -0.05) is 38.5 Å². The summed E-state index contributed by atoms with van der Waals surface area (Å²) in [6.45, 7) is 3.97. The van der Waals surface area contributed by atoms with E-state index >= 15 is 0 Å². The second-order valence-corrected chi connectivity index (χ2v) is 10.9. The van der Waals surface area contributed by atoms with Crippen LogP contribution < -0.4 is 5.43 Å². The Hall–Kier alpha value is -2.27. The molecule has 1 heterocycles. The molecule has 0 aliphatic carbocycles. The molecule has 3 aromatic rings. The number of halogens is 5. The summed E-state index contributed by atoms with van der Waals surface area (Å²) < 4.78 is 67.1. The van der Waals surface area contributed by atoms with E-state index in [-0.39, 0.29) is 16.4 Å². The monoisotopic (exact) mass is 631 g/mol. The Kier molecular flexibility index (Phi) is 9.32. The molecule has 1 aromatic heterocycles. The maximum Gasteiger partial charge on any atom is 0.326 e. The molecule has 0 aliphatic rings. The number of hydrogen-bond acceptors (Lipinski definition) is 2. The van der Waals surface area contributed by atoms with Crippen LogP contribution in [0.3, 0.4) is 0 Å². The molecule has 3 nitrogen and oxygen atoms in total. The molecular weight excluding hydrogens is 605 g/mol. The molecule has 0 aliphatic heterocycles. The predicted molar refractivity (Wildman–Crippen MR) is 145 cm³/mol. The third kappa shape index (κ3) is 6.53. The van der Waals surface area contributed by atoms with Crippen LogP contribution in [0.25, 0.3) is 22.3 Å². The summed E-state index contributed by atoms with van der Waals surface area (Å²) in [5, 5.41) is 0.568. The van der Waals surface area contributed by atoms with Crippen LogP contribution in [-0.2, 0) is 30.7 Å². The normalized spacial score (nSPS) is 13.0. The number of aryl methyl sites for hydroxylation is 3. The average molecular weight is 631 g/mol. The van der Waals surface area contributed by atoms with Crippen molar-refractivity contribution >= 4 is 33.4 Å². The van der Waals surface area contributed by atoms with E-state index in [4.69, 9.17) is 0 Å². The first-order chi connectivity index (χ1) is 17.0. The van der Waals surface area contributed by atoms with E-state index < -0.39 is 23.1 Å². The van der Waals surface area contributed by atoms with Gasteiger partial charge in [-0.15, -0.1) is 0 Å². The van der Waals surface area contributed by atoms with Crippen molar-refractivity contribution in [2.75, 3.05) is 0 Å². The molecule has 0 amide bonds. The van der Waals surface area contributed by atoms with Gasteiger partial charge in [-0.25, -0.2) is 13.0 Å². The van der Waals surface area contributed by atoms with Crippen molar-refractivity contribution in [2.24, 2.45) is 7.05 Å². The average Bonchev–Trinajstić information content (AvgIpc) is 2.84. The zero-order chi connectivity index (χ0) is 26.6. The van der Waals surface area contributed by atoms with Gasteiger partial charge in [0.15, 0.2) is 5.43 Å². The number of rotatable bonds is 9. The minimum absolute atomic E-state index is 0.0322. The van der Waals surface area contributed by atoms with Gasteiger partial charge in [0.05, 0.1) is 10.8 Å². The van der Waals surface area contributed by atoms with Crippen molar-refractivity contribution in [2.45, 2.75) is 50.4 Å². The fourth-order valence-corrected chi connectivity index (χ4v) is 5.50. The molecule has 0 radical (unpaired) electrons. The summed E-state index contributed by atoms with van der Waals surface area (Å²) in [4.78, 5) is 13.7. The molecule has 9 heteroatoms. The molecular formula is C27H26F4INO2S. The van der Waals surface area contributed by atoms with Gasteiger partial charge in [-0.3, -0.25) is 4.79 Å². The van der Waals surface area contributed by atoms with Gasteiger partial charge in [0.25, 0.3) is 0 Å². The van der Waals surface area contributed by atoms with E-state index in [1.165, 1.54) is 11.6 Å². The standard InChI is InChI=1S/C27H26F4INO2S/c1-4-6-18-7-8-19(14-24(18)32)22-15-33(3)16-23(25(22)34)20-11-17(5-2)12-21(13-20)36(35)10-9-27(30,31)26(28)29/h7-16,26H,4-6H2,1-3H3/b10-9+. The number of benzene rings is 2. The maximum atomic E-state index is 13.6. The van der Waals surface area contributed by atoms with Crippen LogP contribution in [-0.4, -0.2) is 21.1 Å². The Bertz CT molecular complexity index is 1370. The molecule has 0 N–H and O–H groups in total. The van der Waals surface area contributed by atoms with Gasteiger partial charge in [0.1, 0.15) is 0 Å². The Morgan fingerprint density at radius 3 is 2.31 bits per heavy atom.